The van der Waals surface area contributed by atoms with Crippen molar-refractivity contribution in [1.29, 1.82) is 0 Å². The second-order valence-corrected chi connectivity index (χ2v) is 3.78. The number of rotatable bonds is 2. The molecule has 0 aromatic carbocycles. The van der Waals surface area contributed by atoms with Crippen LogP contribution in [0.15, 0.2) is 6.20 Å². The van der Waals surface area contributed by atoms with Crippen LogP contribution in [-0.2, 0) is 0 Å². The third kappa shape index (κ3) is 1.55. The van der Waals surface area contributed by atoms with Crippen LogP contribution in [0.4, 0.5) is 5.69 Å². The van der Waals surface area contributed by atoms with Crippen LogP contribution in [0.5, 0.6) is 5.88 Å². The average Bonchev–Trinajstić information content (AvgIpc) is 2.71. The second-order valence-electron chi connectivity index (χ2n) is 3.78. The molecule has 2 heterocycles. The molecule has 0 amide bonds. The van der Waals surface area contributed by atoms with Crippen molar-refractivity contribution in [1.82, 2.24) is 14.7 Å². The van der Waals surface area contributed by atoms with Crippen LogP contribution < -0.4 is 10.5 Å². The number of anilines is 1. The predicted molar refractivity (Wildman–Crippen MR) is 54.3 cm³/mol. The highest BCUT2D eigenvalue weighted by Crippen LogP contribution is 2.25. The minimum Gasteiger partial charge on any atom is -0.478 e. The van der Waals surface area contributed by atoms with Crippen molar-refractivity contribution in [2.75, 3.05) is 33.0 Å². The predicted octanol–water partition coefficient (Wildman–Crippen LogP) is 0.350. The summed E-state index contributed by atoms with van der Waals surface area (Å²) in [5.41, 5.74) is 6.35. The van der Waals surface area contributed by atoms with Gasteiger partial charge >= 0.3 is 0 Å². The Kier molecular flexibility index (Phi) is 2.33. The quantitative estimate of drug-likeness (QED) is 0.741. The molecule has 0 spiro atoms. The van der Waals surface area contributed by atoms with E-state index in [0.29, 0.717) is 17.6 Å². The molecule has 2 rings (SSSR count). The van der Waals surface area contributed by atoms with Crippen molar-refractivity contribution in [3.63, 3.8) is 0 Å². The lowest BCUT2D eigenvalue weighted by Crippen LogP contribution is -2.16. The van der Waals surface area contributed by atoms with Crippen molar-refractivity contribution < 1.29 is 4.74 Å². The van der Waals surface area contributed by atoms with E-state index in [1.54, 1.807) is 7.11 Å². The number of hydrogen-bond donors (Lipinski definition) is 1. The van der Waals surface area contributed by atoms with Crippen LogP contribution >= 0.6 is 0 Å². The Balaban J connectivity index is 2.16. The fourth-order valence-electron chi connectivity index (χ4n) is 1.86. The van der Waals surface area contributed by atoms with Crippen molar-refractivity contribution in [2.24, 2.45) is 0 Å². The SMILES string of the molecule is COc1nn(C2CCN(C)C2)cc1N. The zero-order valence-corrected chi connectivity index (χ0v) is 8.60. The molecule has 1 saturated heterocycles. The van der Waals surface area contributed by atoms with E-state index in [2.05, 4.69) is 17.0 Å². The number of likely N-dealkylation sites (N-methyl/N-ethyl adjacent to an activating group) is 1. The smallest absolute Gasteiger partial charge is 0.256 e. The first-order chi connectivity index (χ1) is 6.70. The molecule has 14 heavy (non-hydrogen) atoms. The Bertz CT molecular complexity index is 323. The molecule has 5 heteroatoms. The highest BCUT2D eigenvalue weighted by Gasteiger charge is 2.22. The zero-order chi connectivity index (χ0) is 10.1. The van der Waals surface area contributed by atoms with Gasteiger partial charge in [0.2, 0.25) is 0 Å². The average molecular weight is 196 g/mol. The van der Waals surface area contributed by atoms with E-state index in [1.807, 2.05) is 10.9 Å². The van der Waals surface area contributed by atoms with Gasteiger partial charge in [-0.25, -0.2) is 0 Å². The molecule has 1 unspecified atom stereocenters. The van der Waals surface area contributed by atoms with Crippen LogP contribution in [0.1, 0.15) is 12.5 Å². The summed E-state index contributed by atoms with van der Waals surface area (Å²) >= 11 is 0. The first kappa shape index (κ1) is 9.33. The molecule has 1 aromatic heterocycles. The number of ether oxygens (including phenoxy) is 1. The third-order valence-corrected chi connectivity index (χ3v) is 2.66. The first-order valence-corrected chi connectivity index (χ1v) is 4.78. The summed E-state index contributed by atoms with van der Waals surface area (Å²) in [6, 6.07) is 0.436. The summed E-state index contributed by atoms with van der Waals surface area (Å²) < 4.78 is 6.96. The van der Waals surface area contributed by atoms with Gasteiger partial charge in [-0.05, 0) is 20.0 Å². The van der Waals surface area contributed by atoms with Gasteiger partial charge in [-0.15, -0.1) is 5.10 Å². The number of likely N-dealkylation sites (tertiary alicyclic amines) is 1. The summed E-state index contributed by atoms with van der Waals surface area (Å²) in [6.45, 7) is 2.15. The Labute approximate surface area is 83.4 Å². The maximum Gasteiger partial charge on any atom is 0.256 e. The summed E-state index contributed by atoms with van der Waals surface area (Å²) in [5, 5.41) is 4.29. The lowest BCUT2D eigenvalue weighted by atomic mass is 10.3. The van der Waals surface area contributed by atoms with Crippen LogP contribution in [-0.4, -0.2) is 41.9 Å². The number of nitrogen functional groups attached to an aromatic ring is 1. The van der Waals surface area contributed by atoms with Crippen molar-refractivity contribution in [3.05, 3.63) is 6.20 Å². The van der Waals surface area contributed by atoms with Gasteiger partial charge in [-0.2, -0.15) is 0 Å². The minimum absolute atomic E-state index is 0.436. The molecule has 0 aliphatic carbocycles. The summed E-state index contributed by atoms with van der Waals surface area (Å²) in [5.74, 6) is 0.527. The molecule has 1 aromatic rings. The van der Waals surface area contributed by atoms with Gasteiger partial charge in [0.15, 0.2) is 0 Å². The molecule has 1 atom stereocenters. The van der Waals surface area contributed by atoms with Gasteiger partial charge in [0.05, 0.1) is 19.3 Å². The molecule has 2 N–H and O–H groups in total. The molecular weight excluding hydrogens is 180 g/mol. The summed E-state index contributed by atoms with van der Waals surface area (Å²) in [6.07, 6.45) is 2.98. The summed E-state index contributed by atoms with van der Waals surface area (Å²) in [4.78, 5) is 2.29. The number of aromatic nitrogens is 2. The van der Waals surface area contributed by atoms with Gasteiger partial charge in [0.25, 0.3) is 5.88 Å². The second kappa shape index (κ2) is 3.49. The lowest BCUT2D eigenvalue weighted by molar-refractivity contribution is 0.362. The molecule has 78 valence electrons. The molecule has 0 radical (unpaired) electrons. The van der Waals surface area contributed by atoms with Crippen molar-refractivity contribution in [3.8, 4) is 5.88 Å². The van der Waals surface area contributed by atoms with E-state index < -0.39 is 0 Å². The Morgan fingerprint density at radius 3 is 2.93 bits per heavy atom. The Morgan fingerprint density at radius 2 is 2.43 bits per heavy atom. The van der Waals surface area contributed by atoms with Gasteiger partial charge in [-0.3, -0.25) is 4.68 Å². The van der Waals surface area contributed by atoms with Crippen LogP contribution in [0.25, 0.3) is 0 Å². The fourth-order valence-corrected chi connectivity index (χ4v) is 1.86. The highest BCUT2D eigenvalue weighted by atomic mass is 16.5. The topological polar surface area (TPSA) is 56.3 Å². The van der Waals surface area contributed by atoms with E-state index in [9.17, 15) is 0 Å². The molecule has 1 fully saturated rings. The standard InChI is InChI=1S/C9H16N4O/c1-12-4-3-7(5-12)13-6-8(10)9(11-13)14-2/h6-7H,3-5,10H2,1-2H3. The van der Waals surface area contributed by atoms with Crippen LogP contribution in [0.2, 0.25) is 0 Å². The zero-order valence-electron chi connectivity index (χ0n) is 8.60. The van der Waals surface area contributed by atoms with Gasteiger partial charge in [0.1, 0.15) is 5.69 Å². The molecule has 1 aliphatic rings. The fraction of sp³-hybridized carbons (Fsp3) is 0.667. The van der Waals surface area contributed by atoms with Crippen LogP contribution in [0, 0.1) is 0 Å². The van der Waals surface area contributed by atoms with Gasteiger partial charge < -0.3 is 15.4 Å². The summed E-state index contributed by atoms with van der Waals surface area (Å²) in [7, 11) is 3.70. The molecule has 1 aliphatic heterocycles. The number of methoxy groups -OCH3 is 1. The molecule has 5 nitrogen and oxygen atoms in total. The Hall–Kier alpha value is -1.23. The maximum absolute atomic E-state index is 5.73. The highest BCUT2D eigenvalue weighted by molar-refractivity contribution is 5.45. The molecular formula is C9H16N4O. The normalized spacial score (nSPS) is 22.9. The van der Waals surface area contributed by atoms with Crippen molar-refractivity contribution >= 4 is 5.69 Å². The molecule has 0 saturated carbocycles. The minimum atomic E-state index is 0.436. The largest absolute Gasteiger partial charge is 0.478 e. The number of hydrogen-bond acceptors (Lipinski definition) is 4. The Morgan fingerprint density at radius 1 is 1.64 bits per heavy atom. The van der Waals surface area contributed by atoms with E-state index in [4.69, 9.17) is 10.5 Å². The first-order valence-electron chi connectivity index (χ1n) is 4.78. The monoisotopic (exact) mass is 196 g/mol. The van der Waals surface area contributed by atoms with E-state index in [0.717, 1.165) is 19.5 Å². The van der Waals surface area contributed by atoms with Gasteiger partial charge in [0, 0.05) is 6.54 Å². The van der Waals surface area contributed by atoms with Crippen molar-refractivity contribution in [2.45, 2.75) is 12.5 Å². The van der Waals surface area contributed by atoms with E-state index in [-0.39, 0.29) is 0 Å². The van der Waals surface area contributed by atoms with Crippen LogP contribution in [0.3, 0.4) is 0 Å². The third-order valence-electron chi connectivity index (χ3n) is 2.66. The number of nitrogens with zero attached hydrogens (tertiary/aromatic N) is 3. The van der Waals surface area contributed by atoms with Gasteiger partial charge in [-0.1, -0.05) is 0 Å². The van der Waals surface area contributed by atoms with E-state index in [1.165, 1.54) is 0 Å². The lowest BCUT2D eigenvalue weighted by Gasteiger charge is -2.10. The van der Waals surface area contributed by atoms with E-state index >= 15 is 0 Å². The molecule has 0 bridgehead atoms. The maximum atomic E-state index is 5.73. The number of nitrogens with two attached hydrogens (primary N) is 1.